The molecule has 1 unspecified atom stereocenters. The van der Waals surface area contributed by atoms with Gasteiger partial charge in [-0.25, -0.2) is 0 Å². The average Bonchev–Trinajstić information content (AvgIpc) is 2.83. The van der Waals surface area contributed by atoms with Gasteiger partial charge in [0.15, 0.2) is 0 Å². The molecule has 1 aromatic rings. The van der Waals surface area contributed by atoms with Crippen molar-refractivity contribution in [3.63, 3.8) is 0 Å². The van der Waals surface area contributed by atoms with Gasteiger partial charge < -0.3 is 15.0 Å². The molecule has 1 amide bonds. The Bertz CT molecular complexity index is 350. The Balaban J connectivity index is 1.86. The summed E-state index contributed by atoms with van der Waals surface area (Å²) in [6.45, 7) is 3.00. The van der Waals surface area contributed by atoms with Crippen molar-refractivity contribution in [3.8, 4) is 0 Å². The quantitative estimate of drug-likeness (QED) is 0.756. The molecule has 0 spiro atoms. The fourth-order valence-corrected chi connectivity index (χ4v) is 1.93. The smallest absolute Gasteiger partial charge is 0.244 e. The van der Waals surface area contributed by atoms with Crippen molar-refractivity contribution < 1.29 is 9.53 Å². The Morgan fingerprint density at radius 3 is 3.24 bits per heavy atom. The second-order valence-electron chi connectivity index (χ2n) is 4.09. The maximum absolute atomic E-state index is 12.0. The highest BCUT2D eigenvalue weighted by Gasteiger charge is 2.23. The molecular weight excluding hydrogens is 220 g/mol. The summed E-state index contributed by atoms with van der Waals surface area (Å²) in [7, 11) is 1.88. The standard InChI is InChI=1S/C11H18N4O2/c1-12-7-10-8-14(5-6-17-10)11(16)9-15-4-2-3-13-15/h2-4,10,12H,5-9H2,1H3. The molecule has 6 nitrogen and oxygen atoms in total. The van der Waals surface area contributed by atoms with Crippen LogP contribution in [0, 0.1) is 0 Å². The van der Waals surface area contributed by atoms with Gasteiger partial charge in [0.2, 0.25) is 5.91 Å². The fraction of sp³-hybridized carbons (Fsp3) is 0.636. The van der Waals surface area contributed by atoms with Crippen LogP contribution in [-0.4, -0.2) is 60.0 Å². The zero-order valence-electron chi connectivity index (χ0n) is 10.0. The van der Waals surface area contributed by atoms with Crippen LogP contribution in [-0.2, 0) is 16.1 Å². The van der Waals surface area contributed by atoms with Crippen molar-refractivity contribution in [2.45, 2.75) is 12.6 Å². The van der Waals surface area contributed by atoms with E-state index in [1.165, 1.54) is 0 Å². The molecule has 0 radical (unpaired) electrons. The summed E-state index contributed by atoms with van der Waals surface area (Å²) in [4.78, 5) is 13.8. The first-order valence-electron chi connectivity index (χ1n) is 5.81. The Kier molecular flexibility index (Phi) is 4.11. The summed E-state index contributed by atoms with van der Waals surface area (Å²) in [5, 5.41) is 7.09. The van der Waals surface area contributed by atoms with Crippen LogP contribution in [0.15, 0.2) is 18.5 Å². The molecule has 1 atom stereocenters. The third-order valence-corrected chi connectivity index (χ3v) is 2.78. The fourth-order valence-electron chi connectivity index (χ4n) is 1.93. The minimum atomic E-state index is 0.0929. The molecule has 1 saturated heterocycles. The summed E-state index contributed by atoms with van der Waals surface area (Å²) < 4.78 is 7.20. The normalized spacial score (nSPS) is 20.5. The van der Waals surface area contributed by atoms with E-state index in [-0.39, 0.29) is 12.0 Å². The highest BCUT2D eigenvalue weighted by atomic mass is 16.5. The van der Waals surface area contributed by atoms with Crippen LogP contribution in [0.25, 0.3) is 0 Å². The molecule has 17 heavy (non-hydrogen) atoms. The number of hydrogen-bond donors (Lipinski definition) is 1. The first-order valence-corrected chi connectivity index (χ1v) is 5.81. The monoisotopic (exact) mass is 238 g/mol. The molecule has 1 aromatic heterocycles. The molecule has 0 bridgehead atoms. The Labute approximate surface area is 101 Å². The highest BCUT2D eigenvalue weighted by Crippen LogP contribution is 2.05. The lowest BCUT2D eigenvalue weighted by Gasteiger charge is -2.32. The van der Waals surface area contributed by atoms with Crippen LogP contribution in [0.3, 0.4) is 0 Å². The Hall–Kier alpha value is -1.40. The maximum atomic E-state index is 12.0. The predicted molar refractivity (Wildman–Crippen MR) is 62.5 cm³/mol. The van der Waals surface area contributed by atoms with Gasteiger partial charge in [0.05, 0.1) is 12.7 Å². The summed E-state index contributed by atoms with van der Waals surface area (Å²) >= 11 is 0. The highest BCUT2D eigenvalue weighted by molar-refractivity contribution is 5.76. The van der Waals surface area contributed by atoms with Gasteiger partial charge in [-0.15, -0.1) is 0 Å². The lowest BCUT2D eigenvalue weighted by Crippen LogP contribution is -2.49. The number of nitrogens with one attached hydrogen (secondary N) is 1. The van der Waals surface area contributed by atoms with Crippen LogP contribution < -0.4 is 5.32 Å². The van der Waals surface area contributed by atoms with E-state index in [1.54, 1.807) is 17.1 Å². The summed E-state index contributed by atoms with van der Waals surface area (Å²) in [6.07, 6.45) is 3.56. The molecule has 6 heteroatoms. The largest absolute Gasteiger partial charge is 0.373 e. The van der Waals surface area contributed by atoms with Crippen molar-refractivity contribution in [2.24, 2.45) is 0 Å². The van der Waals surface area contributed by atoms with Gasteiger partial charge in [-0.05, 0) is 13.1 Å². The summed E-state index contributed by atoms with van der Waals surface area (Å²) in [6, 6.07) is 1.82. The van der Waals surface area contributed by atoms with E-state index in [2.05, 4.69) is 10.4 Å². The zero-order valence-corrected chi connectivity index (χ0v) is 10.0. The number of carbonyl (C=O) groups excluding carboxylic acids is 1. The molecule has 0 aliphatic carbocycles. The lowest BCUT2D eigenvalue weighted by molar-refractivity contribution is -0.139. The van der Waals surface area contributed by atoms with Crippen LogP contribution in [0.2, 0.25) is 0 Å². The maximum Gasteiger partial charge on any atom is 0.244 e. The van der Waals surface area contributed by atoms with Crippen molar-refractivity contribution in [2.75, 3.05) is 33.3 Å². The van der Waals surface area contributed by atoms with E-state index in [0.717, 1.165) is 6.54 Å². The number of nitrogens with zero attached hydrogens (tertiary/aromatic N) is 3. The SMILES string of the molecule is CNCC1CN(C(=O)Cn2cccn2)CCO1. The van der Waals surface area contributed by atoms with E-state index < -0.39 is 0 Å². The Morgan fingerprint density at radius 2 is 2.53 bits per heavy atom. The first kappa shape index (κ1) is 12.1. The topological polar surface area (TPSA) is 59.4 Å². The van der Waals surface area contributed by atoms with Crippen LogP contribution in [0.4, 0.5) is 0 Å². The van der Waals surface area contributed by atoms with Crippen molar-refractivity contribution >= 4 is 5.91 Å². The van der Waals surface area contributed by atoms with E-state index in [1.807, 2.05) is 18.0 Å². The van der Waals surface area contributed by atoms with Gasteiger partial charge >= 0.3 is 0 Å². The third-order valence-electron chi connectivity index (χ3n) is 2.78. The number of amides is 1. The molecule has 0 aromatic carbocycles. The number of rotatable bonds is 4. The van der Waals surface area contributed by atoms with Crippen molar-refractivity contribution in [1.29, 1.82) is 0 Å². The van der Waals surface area contributed by atoms with Crippen LogP contribution in [0.5, 0.6) is 0 Å². The molecular formula is C11H18N4O2. The molecule has 2 rings (SSSR count). The van der Waals surface area contributed by atoms with Crippen molar-refractivity contribution in [3.05, 3.63) is 18.5 Å². The van der Waals surface area contributed by atoms with Gasteiger partial charge in [-0.1, -0.05) is 0 Å². The predicted octanol–water partition coefficient (Wildman–Crippen LogP) is -0.670. The third kappa shape index (κ3) is 3.28. The Morgan fingerprint density at radius 1 is 1.65 bits per heavy atom. The van der Waals surface area contributed by atoms with Gasteiger partial charge in [0, 0.05) is 32.0 Å². The molecule has 1 N–H and O–H groups in total. The second kappa shape index (κ2) is 5.79. The molecule has 0 saturated carbocycles. The number of morpholine rings is 1. The lowest BCUT2D eigenvalue weighted by atomic mass is 10.2. The van der Waals surface area contributed by atoms with Crippen LogP contribution >= 0.6 is 0 Å². The van der Waals surface area contributed by atoms with Gasteiger partial charge in [-0.2, -0.15) is 5.10 Å². The van der Waals surface area contributed by atoms with E-state index in [9.17, 15) is 4.79 Å². The molecule has 2 heterocycles. The summed E-state index contributed by atoms with van der Waals surface area (Å²) in [5.74, 6) is 0.0955. The van der Waals surface area contributed by atoms with Gasteiger partial charge in [0.25, 0.3) is 0 Å². The molecule has 94 valence electrons. The average molecular weight is 238 g/mol. The molecule has 1 fully saturated rings. The van der Waals surface area contributed by atoms with E-state index in [4.69, 9.17) is 4.74 Å². The number of ether oxygens (including phenoxy) is 1. The van der Waals surface area contributed by atoms with Gasteiger partial charge in [-0.3, -0.25) is 9.48 Å². The van der Waals surface area contributed by atoms with Gasteiger partial charge in [0.1, 0.15) is 6.54 Å². The number of aromatic nitrogens is 2. The number of likely N-dealkylation sites (N-methyl/N-ethyl adjacent to an activating group) is 1. The second-order valence-corrected chi connectivity index (χ2v) is 4.09. The number of carbonyl (C=O) groups is 1. The van der Waals surface area contributed by atoms with Crippen molar-refractivity contribution in [1.82, 2.24) is 20.0 Å². The first-order chi connectivity index (χ1) is 8.29. The summed E-state index contributed by atoms with van der Waals surface area (Å²) in [5.41, 5.74) is 0. The zero-order chi connectivity index (χ0) is 12.1. The minimum absolute atomic E-state index is 0.0929. The molecule has 1 aliphatic rings. The molecule has 1 aliphatic heterocycles. The number of hydrogen-bond acceptors (Lipinski definition) is 4. The van der Waals surface area contributed by atoms with Crippen LogP contribution in [0.1, 0.15) is 0 Å². The van der Waals surface area contributed by atoms with E-state index >= 15 is 0 Å². The van der Waals surface area contributed by atoms with E-state index in [0.29, 0.717) is 26.2 Å². The minimum Gasteiger partial charge on any atom is -0.373 e.